The van der Waals surface area contributed by atoms with Gasteiger partial charge in [-0.2, -0.15) is 0 Å². The second-order valence-corrected chi connectivity index (χ2v) is 10.2. The molecule has 0 aliphatic carbocycles. The number of hydrogen-bond donors (Lipinski definition) is 2. The maximum Gasteiger partial charge on any atom is 0.253 e. The van der Waals surface area contributed by atoms with Gasteiger partial charge in [-0.1, -0.05) is 34.6 Å². The number of hydrogen-bond acceptors (Lipinski definition) is 3. The van der Waals surface area contributed by atoms with Crippen molar-refractivity contribution in [3.05, 3.63) is 23.8 Å². The largest absolute Gasteiger partial charge is 0.371 e. The lowest BCUT2D eigenvalue weighted by molar-refractivity contribution is -0.117. The van der Waals surface area contributed by atoms with Crippen molar-refractivity contribution >= 4 is 23.2 Å². The first-order valence-electron chi connectivity index (χ1n) is 11.6. The lowest BCUT2D eigenvalue weighted by Crippen LogP contribution is -2.35. The summed E-state index contributed by atoms with van der Waals surface area (Å²) in [5, 5.41) is 6.10. The number of nitrogens with one attached hydrogen (secondary N) is 2. The number of anilines is 2. The van der Waals surface area contributed by atoms with Crippen LogP contribution in [0.25, 0.3) is 0 Å². The Hall–Kier alpha value is -2.04. The number of carbonyl (C=O) groups excluding carboxylic acids is 2. The molecule has 168 valence electrons. The lowest BCUT2D eigenvalue weighted by Gasteiger charge is -2.31. The number of nitrogens with zero attached hydrogens (tertiary/aromatic N) is 1. The summed E-state index contributed by atoms with van der Waals surface area (Å²) in [6, 6.07) is 5.87. The standard InChI is InChI=1S/C25H41N3O2/c1-7-19(3)26-24(30)21-16-20(11-12-22(21)28-13-9-8-10-14-28)27-23(29)15-18(2)17-25(4,5)6/h11-12,16,18-19H,7-10,13-15,17H2,1-6H3,(H,26,30)(H,27,29). The molecule has 2 unspecified atom stereocenters. The van der Waals surface area contributed by atoms with Crippen LogP contribution >= 0.6 is 0 Å². The SMILES string of the molecule is CCC(C)NC(=O)c1cc(NC(=O)CC(C)CC(C)(C)C)ccc1N1CCCCC1. The minimum absolute atomic E-state index is 0.00533. The number of rotatable bonds is 8. The second kappa shape index (κ2) is 10.8. The fourth-order valence-electron chi connectivity index (χ4n) is 4.26. The van der Waals surface area contributed by atoms with E-state index in [1.165, 1.54) is 6.42 Å². The summed E-state index contributed by atoms with van der Waals surface area (Å²) in [7, 11) is 0. The van der Waals surface area contributed by atoms with Crippen LogP contribution in [-0.2, 0) is 4.79 Å². The highest BCUT2D eigenvalue weighted by molar-refractivity contribution is 6.02. The molecule has 0 spiro atoms. The van der Waals surface area contributed by atoms with Crippen LogP contribution in [-0.4, -0.2) is 30.9 Å². The Morgan fingerprint density at radius 2 is 1.77 bits per heavy atom. The fraction of sp³-hybridized carbons (Fsp3) is 0.680. The first-order valence-corrected chi connectivity index (χ1v) is 11.6. The van der Waals surface area contributed by atoms with Gasteiger partial charge in [0.05, 0.1) is 5.56 Å². The minimum Gasteiger partial charge on any atom is -0.371 e. The van der Waals surface area contributed by atoms with Crippen molar-refractivity contribution in [3.63, 3.8) is 0 Å². The molecule has 1 aliphatic rings. The Balaban J connectivity index is 2.17. The lowest BCUT2D eigenvalue weighted by atomic mass is 9.84. The summed E-state index contributed by atoms with van der Waals surface area (Å²) >= 11 is 0. The van der Waals surface area contributed by atoms with E-state index in [4.69, 9.17) is 0 Å². The van der Waals surface area contributed by atoms with Crippen LogP contribution in [0.2, 0.25) is 0 Å². The maximum atomic E-state index is 13.0. The summed E-state index contributed by atoms with van der Waals surface area (Å²) in [4.78, 5) is 27.9. The minimum atomic E-state index is -0.0675. The number of amides is 2. The monoisotopic (exact) mass is 415 g/mol. The van der Waals surface area contributed by atoms with Crippen molar-refractivity contribution < 1.29 is 9.59 Å². The molecule has 30 heavy (non-hydrogen) atoms. The van der Waals surface area contributed by atoms with Crippen LogP contribution in [0.5, 0.6) is 0 Å². The van der Waals surface area contributed by atoms with E-state index >= 15 is 0 Å². The third kappa shape index (κ3) is 7.66. The number of piperidine rings is 1. The Morgan fingerprint density at radius 1 is 1.10 bits per heavy atom. The molecular formula is C25H41N3O2. The van der Waals surface area contributed by atoms with Gasteiger partial charge in [-0.15, -0.1) is 0 Å². The van der Waals surface area contributed by atoms with Gasteiger partial charge in [0.2, 0.25) is 5.91 Å². The smallest absolute Gasteiger partial charge is 0.253 e. The molecule has 0 bridgehead atoms. The first-order chi connectivity index (χ1) is 14.1. The zero-order chi connectivity index (χ0) is 22.3. The molecule has 0 saturated carbocycles. The molecule has 1 saturated heterocycles. The maximum absolute atomic E-state index is 13.0. The van der Waals surface area contributed by atoms with Crippen LogP contribution in [0.4, 0.5) is 11.4 Å². The van der Waals surface area contributed by atoms with Crippen LogP contribution in [0, 0.1) is 11.3 Å². The van der Waals surface area contributed by atoms with E-state index in [0.29, 0.717) is 23.6 Å². The summed E-state index contributed by atoms with van der Waals surface area (Å²) in [5.41, 5.74) is 2.52. The zero-order valence-electron chi connectivity index (χ0n) is 19.8. The Labute approximate surface area is 183 Å². The first kappa shape index (κ1) is 24.2. The van der Waals surface area contributed by atoms with E-state index in [1.54, 1.807) is 0 Å². The zero-order valence-corrected chi connectivity index (χ0v) is 19.8. The summed E-state index contributed by atoms with van der Waals surface area (Å²) in [6.45, 7) is 14.7. The van der Waals surface area contributed by atoms with E-state index in [-0.39, 0.29) is 23.3 Å². The predicted molar refractivity (Wildman–Crippen MR) is 126 cm³/mol. The van der Waals surface area contributed by atoms with Gasteiger partial charge in [0.25, 0.3) is 5.91 Å². The van der Waals surface area contributed by atoms with E-state index in [9.17, 15) is 9.59 Å². The van der Waals surface area contributed by atoms with Gasteiger partial charge in [0.1, 0.15) is 0 Å². The molecule has 2 rings (SSSR count). The second-order valence-electron chi connectivity index (χ2n) is 10.2. The van der Waals surface area contributed by atoms with Gasteiger partial charge >= 0.3 is 0 Å². The van der Waals surface area contributed by atoms with Crippen LogP contribution in [0.15, 0.2) is 18.2 Å². The predicted octanol–water partition coefficient (Wildman–Crippen LogP) is 5.61. The molecule has 0 radical (unpaired) electrons. The Morgan fingerprint density at radius 3 is 2.37 bits per heavy atom. The summed E-state index contributed by atoms with van der Waals surface area (Å²) in [6.07, 6.45) is 5.91. The molecule has 5 heteroatoms. The molecule has 1 aliphatic heterocycles. The van der Waals surface area contributed by atoms with Crippen molar-refractivity contribution in [1.82, 2.24) is 5.32 Å². The van der Waals surface area contributed by atoms with Gasteiger partial charge < -0.3 is 15.5 Å². The van der Waals surface area contributed by atoms with Crippen molar-refractivity contribution in [2.75, 3.05) is 23.3 Å². The average molecular weight is 416 g/mol. The van der Waals surface area contributed by atoms with Gasteiger partial charge in [0, 0.05) is 36.9 Å². The topological polar surface area (TPSA) is 61.4 Å². The Bertz CT molecular complexity index is 718. The quantitative estimate of drug-likeness (QED) is 0.580. The third-order valence-corrected chi connectivity index (χ3v) is 5.71. The van der Waals surface area contributed by atoms with Crippen molar-refractivity contribution in [2.24, 2.45) is 11.3 Å². The highest BCUT2D eigenvalue weighted by atomic mass is 16.2. The Kier molecular flexibility index (Phi) is 8.75. The van der Waals surface area contributed by atoms with Gasteiger partial charge in [0.15, 0.2) is 0 Å². The molecular weight excluding hydrogens is 374 g/mol. The normalized spacial score (nSPS) is 16.7. The fourth-order valence-corrected chi connectivity index (χ4v) is 4.26. The molecule has 2 atom stereocenters. The van der Waals surface area contributed by atoms with Crippen molar-refractivity contribution in [3.8, 4) is 0 Å². The summed E-state index contributed by atoms with van der Waals surface area (Å²) in [5.74, 6) is 0.249. The van der Waals surface area contributed by atoms with Crippen molar-refractivity contribution in [2.45, 2.75) is 86.1 Å². The molecule has 1 aromatic carbocycles. The third-order valence-electron chi connectivity index (χ3n) is 5.71. The molecule has 1 aromatic rings. The molecule has 1 heterocycles. The van der Waals surface area contributed by atoms with Gasteiger partial charge in [-0.05, 0) is 68.6 Å². The van der Waals surface area contributed by atoms with E-state index in [2.05, 4.69) is 50.2 Å². The van der Waals surface area contributed by atoms with E-state index < -0.39 is 0 Å². The van der Waals surface area contributed by atoms with Gasteiger partial charge in [-0.3, -0.25) is 9.59 Å². The number of benzene rings is 1. The number of carbonyl (C=O) groups is 2. The molecule has 0 aromatic heterocycles. The molecule has 1 fully saturated rings. The highest BCUT2D eigenvalue weighted by Gasteiger charge is 2.21. The van der Waals surface area contributed by atoms with E-state index in [0.717, 1.165) is 44.5 Å². The average Bonchev–Trinajstić information content (AvgIpc) is 2.66. The molecule has 5 nitrogen and oxygen atoms in total. The molecule has 2 amide bonds. The van der Waals surface area contributed by atoms with Gasteiger partial charge in [-0.25, -0.2) is 0 Å². The van der Waals surface area contributed by atoms with E-state index in [1.807, 2.05) is 25.1 Å². The summed E-state index contributed by atoms with van der Waals surface area (Å²) < 4.78 is 0. The van der Waals surface area contributed by atoms with Crippen LogP contribution in [0.3, 0.4) is 0 Å². The highest BCUT2D eigenvalue weighted by Crippen LogP contribution is 2.29. The van der Waals surface area contributed by atoms with Crippen molar-refractivity contribution in [1.29, 1.82) is 0 Å². The van der Waals surface area contributed by atoms with Crippen LogP contribution in [0.1, 0.15) is 90.4 Å². The van der Waals surface area contributed by atoms with Crippen LogP contribution < -0.4 is 15.5 Å². The molecule has 2 N–H and O–H groups in total.